The van der Waals surface area contributed by atoms with Gasteiger partial charge in [0, 0.05) is 5.69 Å². The first kappa shape index (κ1) is 12.9. The van der Waals surface area contributed by atoms with Gasteiger partial charge in [-0.1, -0.05) is 18.2 Å². The van der Waals surface area contributed by atoms with Crippen LogP contribution in [0.25, 0.3) is 0 Å². The van der Waals surface area contributed by atoms with Gasteiger partial charge in [0.25, 0.3) is 0 Å². The second-order valence-electron chi connectivity index (χ2n) is 3.83. The summed E-state index contributed by atoms with van der Waals surface area (Å²) in [6.45, 7) is 3.18. The Bertz CT molecular complexity index is 475. The monoisotopic (exact) mass is 230 g/mol. The molecule has 1 aromatic rings. The van der Waals surface area contributed by atoms with Crippen LogP contribution in [0.5, 0.6) is 0 Å². The third kappa shape index (κ3) is 3.42. The minimum Gasteiger partial charge on any atom is -0.325 e. The fourth-order valence-electron chi connectivity index (χ4n) is 1.45. The summed E-state index contributed by atoms with van der Waals surface area (Å²) in [5.74, 6) is -1.61. The number of amides is 1. The molecule has 0 aliphatic heterocycles. The molecule has 1 atom stereocenters. The first-order chi connectivity index (χ1) is 8.06. The van der Waals surface area contributed by atoms with Crippen LogP contribution in [0.15, 0.2) is 24.3 Å². The maximum Gasteiger partial charge on any atom is 0.236 e. The molecule has 1 N–H and O–H groups in total. The Morgan fingerprint density at radius 1 is 1.41 bits per heavy atom. The van der Waals surface area contributed by atoms with Crippen LogP contribution in [-0.2, 0) is 9.59 Å². The Labute approximate surface area is 100 Å². The molecule has 17 heavy (non-hydrogen) atoms. The lowest BCUT2D eigenvalue weighted by Gasteiger charge is -2.12. The zero-order valence-electron chi connectivity index (χ0n) is 9.86. The zero-order chi connectivity index (χ0) is 12.8. The van der Waals surface area contributed by atoms with Crippen molar-refractivity contribution in [2.45, 2.75) is 20.3 Å². The molecule has 0 aromatic heterocycles. The van der Waals surface area contributed by atoms with E-state index in [2.05, 4.69) is 5.32 Å². The molecule has 0 bridgehead atoms. The topological polar surface area (TPSA) is 70.0 Å². The van der Waals surface area contributed by atoms with Gasteiger partial charge >= 0.3 is 0 Å². The molecule has 0 saturated heterocycles. The molecule has 0 radical (unpaired) electrons. The summed E-state index contributed by atoms with van der Waals surface area (Å²) in [4.78, 5) is 23.1. The van der Waals surface area contributed by atoms with Crippen molar-refractivity contribution in [1.82, 2.24) is 0 Å². The molecule has 0 spiro atoms. The Morgan fingerprint density at radius 2 is 2.06 bits per heavy atom. The van der Waals surface area contributed by atoms with Gasteiger partial charge in [-0.15, -0.1) is 0 Å². The van der Waals surface area contributed by atoms with E-state index in [0.29, 0.717) is 5.69 Å². The summed E-state index contributed by atoms with van der Waals surface area (Å²) in [6, 6.07) is 9.14. The normalized spacial score (nSPS) is 11.4. The van der Waals surface area contributed by atoms with Crippen LogP contribution in [0.3, 0.4) is 0 Å². The van der Waals surface area contributed by atoms with Crippen LogP contribution in [0.2, 0.25) is 0 Å². The van der Waals surface area contributed by atoms with E-state index < -0.39 is 11.8 Å². The average Bonchev–Trinajstić information content (AvgIpc) is 2.28. The first-order valence-electron chi connectivity index (χ1n) is 5.30. The number of nitriles is 1. The number of Topliss-reactive ketones (excluding diaryl/α,β-unsaturated/α-hetero) is 1. The average molecular weight is 230 g/mol. The number of carbonyl (C=O) groups excluding carboxylic acids is 2. The lowest BCUT2D eigenvalue weighted by Crippen LogP contribution is -2.28. The van der Waals surface area contributed by atoms with Crippen LogP contribution < -0.4 is 5.32 Å². The highest BCUT2D eigenvalue weighted by Crippen LogP contribution is 2.15. The molecule has 0 saturated carbocycles. The molecule has 0 aliphatic rings. The number of nitrogens with zero attached hydrogens (tertiary/aromatic N) is 1. The lowest BCUT2D eigenvalue weighted by molar-refractivity contribution is -0.129. The number of rotatable bonds is 4. The predicted molar refractivity (Wildman–Crippen MR) is 64.2 cm³/mol. The van der Waals surface area contributed by atoms with Gasteiger partial charge in [-0.3, -0.25) is 9.59 Å². The van der Waals surface area contributed by atoms with Crippen LogP contribution >= 0.6 is 0 Å². The fourth-order valence-corrected chi connectivity index (χ4v) is 1.45. The van der Waals surface area contributed by atoms with Gasteiger partial charge in [-0.05, 0) is 25.5 Å². The number of hydrogen-bond donors (Lipinski definition) is 1. The number of aryl methyl sites for hydroxylation is 1. The molecule has 1 amide bonds. The number of hydrogen-bond acceptors (Lipinski definition) is 3. The third-order valence-corrected chi connectivity index (χ3v) is 2.51. The first-order valence-corrected chi connectivity index (χ1v) is 5.30. The highest BCUT2D eigenvalue weighted by Gasteiger charge is 2.23. The van der Waals surface area contributed by atoms with Gasteiger partial charge in [0.1, 0.15) is 11.7 Å². The van der Waals surface area contributed by atoms with Crippen molar-refractivity contribution in [1.29, 1.82) is 5.26 Å². The number of nitrogens with one attached hydrogen (secondary N) is 1. The number of ketones is 1. The van der Waals surface area contributed by atoms with Crippen molar-refractivity contribution in [2.24, 2.45) is 5.92 Å². The maximum absolute atomic E-state index is 11.8. The van der Waals surface area contributed by atoms with Crippen molar-refractivity contribution in [2.75, 3.05) is 5.32 Å². The molecule has 0 fully saturated rings. The van der Waals surface area contributed by atoms with E-state index >= 15 is 0 Å². The van der Waals surface area contributed by atoms with Gasteiger partial charge in [0.2, 0.25) is 5.91 Å². The van der Waals surface area contributed by atoms with E-state index in [1.807, 2.05) is 25.1 Å². The molecule has 1 aromatic carbocycles. The van der Waals surface area contributed by atoms with E-state index in [0.717, 1.165) is 5.56 Å². The lowest BCUT2D eigenvalue weighted by atomic mass is 10.0. The molecular weight excluding hydrogens is 216 g/mol. The number of benzene rings is 1. The van der Waals surface area contributed by atoms with Gasteiger partial charge < -0.3 is 5.32 Å². The maximum atomic E-state index is 11.8. The van der Waals surface area contributed by atoms with E-state index in [4.69, 9.17) is 5.26 Å². The van der Waals surface area contributed by atoms with Crippen LogP contribution in [-0.4, -0.2) is 11.7 Å². The number of anilines is 1. The van der Waals surface area contributed by atoms with E-state index in [9.17, 15) is 9.59 Å². The van der Waals surface area contributed by atoms with Crippen molar-refractivity contribution >= 4 is 17.4 Å². The van der Waals surface area contributed by atoms with Crippen molar-refractivity contribution in [3.8, 4) is 6.07 Å². The third-order valence-electron chi connectivity index (χ3n) is 2.51. The molecule has 88 valence electrons. The quantitative estimate of drug-likeness (QED) is 0.805. The Hall–Kier alpha value is -2.15. The van der Waals surface area contributed by atoms with Crippen molar-refractivity contribution < 1.29 is 9.59 Å². The van der Waals surface area contributed by atoms with Crippen LogP contribution in [0.4, 0.5) is 5.69 Å². The van der Waals surface area contributed by atoms with Crippen LogP contribution in [0, 0.1) is 24.2 Å². The molecule has 0 heterocycles. The zero-order valence-corrected chi connectivity index (χ0v) is 9.86. The summed E-state index contributed by atoms with van der Waals surface area (Å²) in [7, 11) is 0. The predicted octanol–water partition coefficient (Wildman–Crippen LogP) is 2.05. The van der Waals surface area contributed by atoms with Gasteiger partial charge in [-0.2, -0.15) is 5.26 Å². The minimum atomic E-state index is -0.889. The minimum absolute atomic E-state index is 0.0902. The fraction of sp³-hybridized carbons (Fsp3) is 0.308. The van der Waals surface area contributed by atoms with Crippen molar-refractivity contribution in [3.05, 3.63) is 29.8 Å². The van der Waals surface area contributed by atoms with E-state index in [-0.39, 0.29) is 12.2 Å². The SMILES string of the molecule is CC(=O)C(CC#N)C(=O)Nc1ccccc1C. The summed E-state index contributed by atoms with van der Waals surface area (Å²) in [6.07, 6.45) is -0.0902. The molecule has 4 heteroatoms. The largest absolute Gasteiger partial charge is 0.325 e. The Kier molecular flexibility index (Phi) is 4.41. The van der Waals surface area contributed by atoms with Gasteiger partial charge in [-0.25, -0.2) is 0 Å². The van der Waals surface area contributed by atoms with Gasteiger partial charge in [0.15, 0.2) is 0 Å². The van der Waals surface area contributed by atoms with Crippen LogP contribution in [0.1, 0.15) is 18.9 Å². The molecule has 1 unspecified atom stereocenters. The second kappa shape index (κ2) is 5.80. The summed E-state index contributed by atoms with van der Waals surface area (Å²) < 4.78 is 0. The highest BCUT2D eigenvalue weighted by atomic mass is 16.2. The highest BCUT2D eigenvalue weighted by molar-refractivity contribution is 6.06. The van der Waals surface area contributed by atoms with E-state index in [1.54, 1.807) is 12.1 Å². The number of para-hydroxylation sites is 1. The van der Waals surface area contributed by atoms with Crippen molar-refractivity contribution in [3.63, 3.8) is 0 Å². The second-order valence-corrected chi connectivity index (χ2v) is 3.83. The molecule has 0 aliphatic carbocycles. The smallest absolute Gasteiger partial charge is 0.236 e. The van der Waals surface area contributed by atoms with E-state index in [1.165, 1.54) is 6.92 Å². The molecule has 1 rings (SSSR count). The Balaban J connectivity index is 2.81. The molecule has 4 nitrogen and oxygen atoms in total. The number of carbonyl (C=O) groups is 2. The summed E-state index contributed by atoms with van der Waals surface area (Å²) >= 11 is 0. The standard InChI is InChI=1S/C13H14N2O2/c1-9-5-3-4-6-12(9)15-13(17)11(7-8-14)10(2)16/h3-6,11H,7H2,1-2H3,(H,15,17). The molecular formula is C13H14N2O2. The summed E-state index contributed by atoms with van der Waals surface area (Å²) in [5, 5.41) is 11.2. The summed E-state index contributed by atoms with van der Waals surface area (Å²) in [5.41, 5.74) is 1.58. The Morgan fingerprint density at radius 3 is 2.59 bits per heavy atom. The van der Waals surface area contributed by atoms with Gasteiger partial charge in [0.05, 0.1) is 12.5 Å².